The van der Waals surface area contributed by atoms with Crippen LogP contribution in [-0.2, 0) is 0 Å². The van der Waals surface area contributed by atoms with Crippen molar-refractivity contribution in [1.29, 1.82) is 0 Å². The molecule has 0 heterocycles. The van der Waals surface area contributed by atoms with E-state index in [2.05, 4.69) is 12.6 Å². The summed E-state index contributed by atoms with van der Waals surface area (Å²) in [7, 11) is 0. The van der Waals surface area contributed by atoms with Gasteiger partial charge in [0.05, 0.1) is 0 Å². The summed E-state index contributed by atoms with van der Waals surface area (Å²) in [5, 5.41) is 18.9. The molecule has 0 amide bonds. The van der Waals surface area contributed by atoms with Crippen LogP contribution in [0.3, 0.4) is 0 Å². The highest BCUT2D eigenvalue weighted by Gasteiger charge is 2.08. The molecule has 0 aliphatic rings. The molecule has 4 heteroatoms. The van der Waals surface area contributed by atoms with Gasteiger partial charge in [-0.25, -0.2) is 0 Å². The second-order valence-electron chi connectivity index (χ2n) is 3.74. The van der Waals surface area contributed by atoms with E-state index in [1.165, 1.54) is 0 Å². The maximum absolute atomic E-state index is 9.62. The molecule has 0 spiro atoms. The monoisotopic (exact) mass is 222 g/mol. The van der Waals surface area contributed by atoms with Crippen LogP contribution in [0, 0.1) is 13.8 Å². The van der Waals surface area contributed by atoms with Crippen molar-refractivity contribution in [1.82, 2.24) is 0 Å². The molecule has 2 N–H and O–H groups in total. The average Bonchev–Trinajstić information content (AvgIpc) is 2.13. The summed E-state index contributed by atoms with van der Waals surface area (Å²) in [5.74, 6) is 0.271. The Morgan fingerprint density at radius 1 is 1.40 bits per heavy atom. The minimum atomic E-state index is -0.588. The number of rotatable bonds is 2. The van der Waals surface area contributed by atoms with Gasteiger partial charge in [0.1, 0.15) is 5.75 Å². The SMILES string of the molecule is CB(O)/C(S)=C/c1cc(C)cc(O)c1C. The zero-order valence-electron chi connectivity index (χ0n) is 9.15. The molecule has 0 radical (unpaired) electrons. The first-order chi connectivity index (χ1) is 6.91. The molecule has 0 aromatic heterocycles. The Labute approximate surface area is 96.2 Å². The first kappa shape index (κ1) is 12.2. The van der Waals surface area contributed by atoms with Crippen LogP contribution in [0.5, 0.6) is 5.75 Å². The van der Waals surface area contributed by atoms with Gasteiger partial charge in [-0.15, -0.1) is 0 Å². The van der Waals surface area contributed by atoms with E-state index in [1.54, 1.807) is 19.0 Å². The van der Waals surface area contributed by atoms with Crippen LogP contribution in [-0.4, -0.2) is 17.0 Å². The van der Waals surface area contributed by atoms with Gasteiger partial charge < -0.3 is 10.1 Å². The number of aromatic hydroxyl groups is 1. The molecule has 0 bridgehead atoms. The molecular weight excluding hydrogens is 207 g/mol. The summed E-state index contributed by atoms with van der Waals surface area (Å²) in [6, 6.07) is 3.67. The zero-order chi connectivity index (χ0) is 11.6. The number of hydrogen-bond acceptors (Lipinski definition) is 3. The van der Waals surface area contributed by atoms with Gasteiger partial charge in [-0.05, 0) is 41.4 Å². The first-order valence-electron chi connectivity index (χ1n) is 4.80. The molecule has 0 unspecified atom stereocenters. The second-order valence-corrected chi connectivity index (χ2v) is 4.26. The van der Waals surface area contributed by atoms with Crippen molar-refractivity contribution in [3.8, 4) is 5.75 Å². The van der Waals surface area contributed by atoms with Crippen LogP contribution in [0.15, 0.2) is 16.9 Å². The van der Waals surface area contributed by atoms with Crippen molar-refractivity contribution >= 4 is 25.6 Å². The summed E-state index contributed by atoms with van der Waals surface area (Å²) in [6.45, 7) is 4.82. The number of aryl methyl sites for hydroxylation is 1. The smallest absolute Gasteiger partial charge is 0.326 e. The maximum atomic E-state index is 9.62. The first-order valence-corrected chi connectivity index (χ1v) is 5.25. The molecule has 0 fully saturated rings. The fraction of sp³-hybridized carbons (Fsp3) is 0.273. The lowest BCUT2D eigenvalue weighted by Gasteiger charge is -2.07. The van der Waals surface area contributed by atoms with Crippen molar-refractivity contribution in [2.24, 2.45) is 0 Å². The van der Waals surface area contributed by atoms with Crippen molar-refractivity contribution in [2.75, 3.05) is 0 Å². The van der Waals surface area contributed by atoms with E-state index in [0.29, 0.717) is 4.80 Å². The van der Waals surface area contributed by atoms with Gasteiger partial charge in [0.2, 0.25) is 0 Å². The van der Waals surface area contributed by atoms with Gasteiger partial charge in [-0.3, -0.25) is 0 Å². The van der Waals surface area contributed by atoms with Gasteiger partial charge in [0.25, 0.3) is 0 Å². The fourth-order valence-corrected chi connectivity index (χ4v) is 1.44. The summed E-state index contributed by atoms with van der Waals surface area (Å²) in [6.07, 6.45) is 1.77. The van der Waals surface area contributed by atoms with Gasteiger partial charge in [-0.1, -0.05) is 19.0 Å². The highest BCUT2D eigenvalue weighted by atomic mass is 32.1. The molecule has 2 nitrogen and oxygen atoms in total. The topological polar surface area (TPSA) is 40.5 Å². The van der Waals surface area contributed by atoms with E-state index in [1.807, 2.05) is 19.9 Å². The highest BCUT2D eigenvalue weighted by Crippen LogP contribution is 2.25. The molecule has 0 atom stereocenters. The van der Waals surface area contributed by atoms with Crippen molar-refractivity contribution in [3.05, 3.63) is 33.6 Å². The Balaban J connectivity index is 3.21. The van der Waals surface area contributed by atoms with Crippen molar-refractivity contribution < 1.29 is 10.1 Å². The molecule has 0 saturated heterocycles. The third kappa shape index (κ3) is 3.04. The van der Waals surface area contributed by atoms with Crippen LogP contribution < -0.4 is 0 Å². The van der Waals surface area contributed by atoms with E-state index < -0.39 is 6.92 Å². The van der Waals surface area contributed by atoms with Crippen LogP contribution >= 0.6 is 12.6 Å². The molecule has 0 saturated carbocycles. The van der Waals surface area contributed by atoms with Crippen LogP contribution in [0.1, 0.15) is 16.7 Å². The number of benzene rings is 1. The Hall–Kier alpha value is -0.865. The quantitative estimate of drug-likeness (QED) is 0.531. The van der Waals surface area contributed by atoms with E-state index in [4.69, 9.17) is 0 Å². The molecule has 1 aromatic carbocycles. The van der Waals surface area contributed by atoms with Gasteiger partial charge >= 0.3 is 6.92 Å². The third-order valence-corrected chi connectivity index (χ3v) is 2.80. The Bertz CT molecular complexity index is 400. The lowest BCUT2D eigenvalue weighted by molar-refractivity contribution is 0.470. The number of phenols is 1. The molecule has 1 aromatic rings. The molecule has 15 heavy (non-hydrogen) atoms. The summed E-state index contributed by atoms with van der Waals surface area (Å²) < 4.78 is 0. The van der Waals surface area contributed by atoms with Gasteiger partial charge in [-0.2, -0.15) is 12.6 Å². The van der Waals surface area contributed by atoms with E-state index in [-0.39, 0.29) is 5.75 Å². The van der Waals surface area contributed by atoms with Crippen LogP contribution in [0.4, 0.5) is 0 Å². The van der Waals surface area contributed by atoms with E-state index in [9.17, 15) is 10.1 Å². The predicted octanol–water partition coefficient (Wildman–Crippen LogP) is 2.43. The predicted molar refractivity (Wildman–Crippen MR) is 68.4 cm³/mol. The molecule has 1 rings (SSSR count). The third-order valence-electron chi connectivity index (χ3n) is 2.30. The minimum absolute atomic E-state index is 0.271. The molecule has 0 aliphatic heterocycles. The lowest BCUT2D eigenvalue weighted by Crippen LogP contribution is -2.05. The van der Waals surface area contributed by atoms with E-state index in [0.717, 1.165) is 16.7 Å². The number of hydrogen-bond donors (Lipinski definition) is 3. The number of phenolic OH excluding ortho intramolecular Hbond substituents is 1. The zero-order valence-corrected chi connectivity index (χ0v) is 10.0. The lowest BCUT2D eigenvalue weighted by atomic mass is 9.71. The standard InChI is InChI=1S/C11H15BO2S/c1-7-4-9(6-11(15)12(3)14)8(2)10(13)5-7/h4-6,13-15H,1-3H3/b11-6-. The largest absolute Gasteiger partial charge is 0.508 e. The van der Waals surface area contributed by atoms with E-state index >= 15 is 0 Å². The average molecular weight is 222 g/mol. The Kier molecular flexibility index (Phi) is 3.88. The van der Waals surface area contributed by atoms with Crippen LogP contribution in [0.2, 0.25) is 6.82 Å². The second kappa shape index (κ2) is 4.77. The fourth-order valence-electron chi connectivity index (χ4n) is 1.30. The van der Waals surface area contributed by atoms with Crippen LogP contribution in [0.25, 0.3) is 6.08 Å². The summed E-state index contributed by atoms with van der Waals surface area (Å²) in [4.78, 5) is 0.586. The summed E-state index contributed by atoms with van der Waals surface area (Å²) in [5.41, 5.74) is 2.67. The Morgan fingerprint density at radius 2 is 2.00 bits per heavy atom. The molecule has 80 valence electrons. The Morgan fingerprint density at radius 3 is 2.53 bits per heavy atom. The minimum Gasteiger partial charge on any atom is -0.508 e. The highest BCUT2D eigenvalue weighted by molar-refractivity contribution is 7.87. The van der Waals surface area contributed by atoms with Gasteiger partial charge in [0.15, 0.2) is 0 Å². The number of thiol groups is 1. The van der Waals surface area contributed by atoms with Crippen molar-refractivity contribution in [2.45, 2.75) is 20.7 Å². The van der Waals surface area contributed by atoms with Crippen molar-refractivity contribution in [3.63, 3.8) is 0 Å². The molecule has 0 aliphatic carbocycles. The molecular formula is C11H15BO2S. The summed E-state index contributed by atoms with van der Waals surface area (Å²) >= 11 is 4.18. The maximum Gasteiger partial charge on any atom is 0.326 e. The normalized spacial score (nSPS) is 11.7. The van der Waals surface area contributed by atoms with Gasteiger partial charge in [0, 0.05) is 0 Å².